The van der Waals surface area contributed by atoms with Crippen LogP contribution in [0.3, 0.4) is 0 Å². The number of esters is 1. The molecule has 0 bridgehead atoms. The molecule has 1 aromatic heterocycles. The van der Waals surface area contributed by atoms with Gasteiger partial charge in [-0.15, -0.1) is 11.8 Å². The monoisotopic (exact) mass is 416 g/mol. The first-order valence-electron chi connectivity index (χ1n) is 9.37. The quantitative estimate of drug-likeness (QED) is 0.691. The minimum atomic E-state index is -0.504. The van der Waals surface area contributed by atoms with Gasteiger partial charge in [0, 0.05) is 11.3 Å². The molecule has 8 nitrogen and oxygen atoms in total. The highest BCUT2D eigenvalue weighted by Gasteiger charge is 2.37. The summed E-state index contributed by atoms with van der Waals surface area (Å²) in [6.07, 6.45) is 0. The normalized spacial score (nSPS) is 16.2. The maximum absolute atomic E-state index is 12.4. The van der Waals surface area contributed by atoms with Crippen LogP contribution in [0.5, 0.6) is 0 Å². The predicted octanol–water partition coefficient (Wildman–Crippen LogP) is 1.74. The lowest BCUT2D eigenvalue weighted by atomic mass is 10.1. The fourth-order valence-electron chi connectivity index (χ4n) is 3.29. The molecular formula is C20H24N4O4S. The molecule has 0 radical (unpaired) electrons. The zero-order valence-corrected chi connectivity index (χ0v) is 17.5. The number of ether oxygens (including phenoxy) is 1. The summed E-state index contributed by atoms with van der Waals surface area (Å²) >= 11 is 1.47. The number of carbonyl (C=O) groups is 3. The summed E-state index contributed by atoms with van der Waals surface area (Å²) in [4.78, 5) is 37.7. The number of aromatic nitrogens is 2. The second-order valence-electron chi connectivity index (χ2n) is 6.60. The topological polar surface area (TPSA) is 93.5 Å². The predicted molar refractivity (Wildman–Crippen MR) is 110 cm³/mol. The Balaban J connectivity index is 1.78. The van der Waals surface area contributed by atoms with Crippen molar-refractivity contribution < 1.29 is 19.1 Å². The van der Waals surface area contributed by atoms with E-state index in [9.17, 15) is 14.4 Å². The lowest BCUT2D eigenvalue weighted by molar-refractivity contribution is -0.143. The summed E-state index contributed by atoms with van der Waals surface area (Å²) in [5.74, 6) is -0.719. The standard InChI is InChI=1S/C20H24N4O4S/c1-4-28-18(27)10-21-16(25)11-23-17(26)12-29-20(23)19-13(2)22-24(14(19)3)15-8-6-5-7-9-15/h5-9,20H,4,10-12H2,1-3H3,(H,21,25). The molecule has 2 amide bonds. The number of amides is 2. The molecule has 3 rings (SSSR count). The number of nitrogens with one attached hydrogen (secondary N) is 1. The third kappa shape index (κ3) is 4.61. The molecule has 2 heterocycles. The van der Waals surface area contributed by atoms with Crippen molar-refractivity contribution in [1.29, 1.82) is 0 Å². The van der Waals surface area contributed by atoms with Crippen molar-refractivity contribution in [2.45, 2.75) is 26.1 Å². The number of aryl methyl sites for hydroxylation is 1. The van der Waals surface area contributed by atoms with E-state index in [0.29, 0.717) is 5.75 Å². The number of nitrogens with zero attached hydrogens (tertiary/aromatic N) is 3. The van der Waals surface area contributed by atoms with Gasteiger partial charge in [0.2, 0.25) is 11.8 Å². The average Bonchev–Trinajstić information content (AvgIpc) is 3.20. The van der Waals surface area contributed by atoms with E-state index in [-0.39, 0.29) is 31.0 Å². The van der Waals surface area contributed by atoms with Gasteiger partial charge in [-0.25, -0.2) is 4.68 Å². The van der Waals surface area contributed by atoms with Crippen molar-refractivity contribution in [1.82, 2.24) is 20.0 Å². The minimum absolute atomic E-state index is 0.113. The van der Waals surface area contributed by atoms with E-state index in [4.69, 9.17) is 4.74 Å². The number of rotatable bonds is 7. The number of benzene rings is 1. The summed E-state index contributed by atoms with van der Waals surface area (Å²) in [6.45, 7) is 5.49. The molecule has 1 fully saturated rings. The third-order valence-electron chi connectivity index (χ3n) is 4.61. The van der Waals surface area contributed by atoms with Gasteiger partial charge in [-0.2, -0.15) is 5.10 Å². The van der Waals surface area contributed by atoms with Crippen molar-refractivity contribution >= 4 is 29.5 Å². The Morgan fingerprint density at radius 3 is 2.69 bits per heavy atom. The highest BCUT2D eigenvalue weighted by Crippen LogP contribution is 2.41. The first-order chi connectivity index (χ1) is 13.9. The van der Waals surface area contributed by atoms with Crippen molar-refractivity contribution in [2.75, 3.05) is 25.4 Å². The zero-order chi connectivity index (χ0) is 21.0. The van der Waals surface area contributed by atoms with Gasteiger partial charge in [-0.3, -0.25) is 14.4 Å². The Morgan fingerprint density at radius 1 is 1.28 bits per heavy atom. The summed E-state index contributed by atoms with van der Waals surface area (Å²) in [7, 11) is 0. The number of hydrogen-bond donors (Lipinski definition) is 1. The summed E-state index contributed by atoms with van der Waals surface area (Å²) in [6, 6.07) is 9.77. The Morgan fingerprint density at radius 2 is 2.00 bits per heavy atom. The molecule has 29 heavy (non-hydrogen) atoms. The Kier molecular flexibility index (Phi) is 6.58. The second-order valence-corrected chi connectivity index (χ2v) is 7.67. The lowest BCUT2D eigenvalue weighted by Crippen LogP contribution is -2.41. The van der Waals surface area contributed by atoms with Crippen LogP contribution in [0.2, 0.25) is 0 Å². The van der Waals surface area contributed by atoms with Gasteiger partial charge in [0.05, 0.1) is 23.7 Å². The molecule has 154 valence electrons. The van der Waals surface area contributed by atoms with Crippen molar-refractivity contribution in [2.24, 2.45) is 0 Å². The Labute approximate surface area is 173 Å². The van der Waals surface area contributed by atoms with Crippen LogP contribution in [0.1, 0.15) is 29.2 Å². The van der Waals surface area contributed by atoms with Crippen LogP contribution >= 0.6 is 11.8 Å². The number of para-hydroxylation sites is 1. The summed E-state index contributed by atoms with van der Waals surface area (Å²) in [5, 5.41) is 6.86. The van der Waals surface area contributed by atoms with Crippen LogP contribution < -0.4 is 5.32 Å². The highest BCUT2D eigenvalue weighted by atomic mass is 32.2. The molecular weight excluding hydrogens is 392 g/mol. The van der Waals surface area contributed by atoms with Gasteiger partial charge >= 0.3 is 5.97 Å². The van der Waals surface area contributed by atoms with Crippen LogP contribution in [0.4, 0.5) is 0 Å². The first-order valence-corrected chi connectivity index (χ1v) is 10.4. The number of thioether (sulfide) groups is 1. The van der Waals surface area contributed by atoms with Gasteiger partial charge in [0.25, 0.3) is 0 Å². The molecule has 1 aliphatic rings. The lowest BCUT2D eigenvalue weighted by Gasteiger charge is -2.24. The van der Waals surface area contributed by atoms with Crippen LogP contribution in [-0.2, 0) is 19.1 Å². The van der Waals surface area contributed by atoms with E-state index in [1.807, 2.05) is 48.9 Å². The molecule has 1 atom stereocenters. The molecule has 2 aromatic rings. The molecule has 0 spiro atoms. The second kappa shape index (κ2) is 9.13. The fraction of sp³-hybridized carbons (Fsp3) is 0.400. The van der Waals surface area contributed by atoms with E-state index in [2.05, 4.69) is 10.4 Å². The van der Waals surface area contributed by atoms with E-state index in [1.54, 1.807) is 6.92 Å². The highest BCUT2D eigenvalue weighted by molar-refractivity contribution is 8.00. The molecule has 1 unspecified atom stereocenters. The molecule has 1 aliphatic heterocycles. The fourth-order valence-corrected chi connectivity index (χ4v) is 4.64. The Bertz CT molecular complexity index is 913. The summed E-state index contributed by atoms with van der Waals surface area (Å²) in [5.41, 5.74) is 3.61. The van der Waals surface area contributed by atoms with E-state index in [1.165, 1.54) is 16.7 Å². The van der Waals surface area contributed by atoms with E-state index in [0.717, 1.165) is 22.6 Å². The van der Waals surface area contributed by atoms with Gasteiger partial charge in [-0.1, -0.05) is 18.2 Å². The van der Waals surface area contributed by atoms with E-state index >= 15 is 0 Å². The number of carbonyl (C=O) groups excluding carboxylic acids is 3. The van der Waals surface area contributed by atoms with Crippen LogP contribution in [0.15, 0.2) is 30.3 Å². The van der Waals surface area contributed by atoms with Crippen LogP contribution in [0.25, 0.3) is 5.69 Å². The van der Waals surface area contributed by atoms with Gasteiger partial charge in [-0.05, 0) is 32.9 Å². The molecule has 1 saturated heterocycles. The van der Waals surface area contributed by atoms with Crippen molar-refractivity contribution in [3.8, 4) is 5.69 Å². The van der Waals surface area contributed by atoms with Crippen LogP contribution in [-0.4, -0.2) is 57.9 Å². The van der Waals surface area contributed by atoms with Crippen molar-refractivity contribution in [3.05, 3.63) is 47.3 Å². The third-order valence-corrected chi connectivity index (χ3v) is 5.83. The Hall–Kier alpha value is -2.81. The zero-order valence-electron chi connectivity index (χ0n) is 16.7. The van der Waals surface area contributed by atoms with E-state index < -0.39 is 11.9 Å². The van der Waals surface area contributed by atoms with Gasteiger partial charge < -0.3 is 15.0 Å². The molecule has 1 aromatic carbocycles. The van der Waals surface area contributed by atoms with Gasteiger partial charge in [0.1, 0.15) is 18.5 Å². The number of hydrogen-bond acceptors (Lipinski definition) is 6. The molecule has 0 saturated carbocycles. The minimum Gasteiger partial charge on any atom is -0.465 e. The maximum atomic E-state index is 12.4. The maximum Gasteiger partial charge on any atom is 0.325 e. The van der Waals surface area contributed by atoms with Crippen LogP contribution in [0, 0.1) is 13.8 Å². The van der Waals surface area contributed by atoms with Gasteiger partial charge in [0.15, 0.2) is 0 Å². The largest absolute Gasteiger partial charge is 0.465 e. The SMILES string of the molecule is CCOC(=O)CNC(=O)CN1C(=O)CSC1c1c(C)nn(-c2ccccc2)c1C. The summed E-state index contributed by atoms with van der Waals surface area (Å²) < 4.78 is 6.65. The molecule has 9 heteroatoms. The molecule has 0 aliphatic carbocycles. The first kappa shape index (κ1) is 20.9. The average molecular weight is 417 g/mol. The molecule has 1 N–H and O–H groups in total. The smallest absolute Gasteiger partial charge is 0.325 e. The van der Waals surface area contributed by atoms with Crippen molar-refractivity contribution in [3.63, 3.8) is 0 Å².